The zero-order valence-electron chi connectivity index (χ0n) is 6.01. The lowest BCUT2D eigenvalue weighted by atomic mass is 9.86. The molecule has 1 saturated carbocycles. The number of hydrogen-bond donors (Lipinski definition) is 0. The van der Waals surface area contributed by atoms with Gasteiger partial charge in [-0.15, -0.1) is 0 Å². The predicted molar refractivity (Wildman–Crippen MR) is 36.5 cm³/mol. The van der Waals surface area contributed by atoms with Crippen molar-refractivity contribution < 1.29 is 9.53 Å². The number of carbonyl (C=O) groups is 1. The van der Waals surface area contributed by atoms with Crippen LogP contribution in [0.25, 0.3) is 0 Å². The van der Waals surface area contributed by atoms with Crippen molar-refractivity contribution in [2.24, 2.45) is 5.92 Å². The molecule has 2 aliphatic rings. The summed E-state index contributed by atoms with van der Waals surface area (Å²) in [4.78, 5) is 10.8. The first-order valence-electron chi connectivity index (χ1n) is 4.06. The van der Waals surface area contributed by atoms with E-state index in [0.29, 0.717) is 18.4 Å². The van der Waals surface area contributed by atoms with Crippen LogP contribution in [0.5, 0.6) is 0 Å². The SMILES string of the molecule is O=C1C[C@H]2CCCC[C@@H]2O1. The molecule has 1 heterocycles. The Kier molecular flexibility index (Phi) is 1.40. The summed E-state index contributed by atoms with van der Waals surface area (Å²) in [5.74, 6) is 0.596. The van der Waals surface area contributed by atoms with Gasteiger partial charge in [0.25, 0.3) is 0 Å². The van der Waals surface area contributed by atoms with Crippen LogP contribution in [0.4, 0.5) is 0 Å². The molecule has 10 heavy (non-hydrogen) atoms. The van der Waals surface area contributed by atoms with Crippen LogP contribution in [0.2, 0.25) is 0 Å². The van der Waals surface area contributed by atoms with Gasteiger partial charge in [0.15, 0.2) is 0 Å². The molecule has 1 aliphatic heterocycles. The molecule has 1 saturated heterocycles. The molecule has 1 aliphatic carbocycles. The molecule has 56 valence electrons. The average molecular weight is 140 g/mol. The van der Waals surface area contributed by atoms with Crippen molar-refractivity contribution in [3.63, 3.8) is 0 Å². The van der Waals surface area contributed by atoms with Crippen LogP contribution in [-0.4, -0.2) is 12.1 Å². The molecule has 2 heteroatoms. The maximum atomic E-state index is 10.8. The van der Waals surface area contributed by atoms with Gasteiger partial charge in [-0.2, -0.15) is 0 Å². The highest BCUT2D eigenvalue weighted by Gasteiger charge is 2.35. The monoisotopic (exact) mass is 140 g/mol. The van der Waals surface area contributed by atoms with E-state index in [2.05, 4.69) is 0 Å². The van der Waals surface area contributed by atoms with E-state index in [1.807, 2.05) is 0 Å². The first-order valence-corrected chi connectivity index (χ1v) is 4.06. The minimum atomic E-state index is 0.0249. The van der Waals surface area contributed by atoms with E-state index in [-0.39, 0.29) is 5.97 Å². The van der Waals surface area contributed by atoms with Gasteiger partial charge in [-0.1, -0.05) is 6.42 Å². The molecule has 0 aromatic rings. The Morgan fingerprint density at radius 1 is 1.30 bits per heavy atom. The fourth-order valence-corrected chi connectivity index (χ4v) is 1.99. The van der Waals surface area contributed by atoms with E-state index in [1.54, 1.807) is 0 Å². The summed E-state index contributed by atoms with van der Waals surface area (Å²) in [5.41, 5.74) is 0. The average Bonchev–Trinajstić information content (AvgIpc) is 2.27. The molecule has 0 N–H and O–H groups in total. The van der Waals surface area contributed by atoms with E-state index in [4.69, 9.17) is 4.74 Å². The van der Waals surface area contributed by atoms with Crippen LogP contribution in [-0.2, 0) is 9.53 Å². The normalized spacial score (nSPS) is 39.0. The van der Waals surface area contributed by atoms with E-state index < -0.39 is 0 Å². The fourth-order valence-electron chi connectivity index (χ4n) is 1.99. The second kappa shape index (κ2) is 2.26. The number of fused-ring (bicyclic) bond motifs is 1. The number of rotatable bonds is 0. The summed E-state index contributed by atoms with van der Waals surface area (Å²) in [5, 5.41) is 0. The lowest BCUT2D eigenvalue weighted by Gasteiger charge is -2.21. The Morgan fingerprint density at radius 3 is 2.90 bits per heavy atom. The molecule has 0 amide bonds. The maximum absolute atomic E-state index is 10.8. The smallest absolute Gasteiger partial charge is 0.306 e. The number of hydrogen-bond acceptors (Lipinski definition) is 2. The first kappa shape index (κ1) is 6.20. The molecule has 0 unspecified atom stereocenters. The lowest BCUT2D eigenvalue weighted by molar-refractivity contribution is -0.141. The summed E-state index contributed by atoms with van der Waals surface area (Å²) in [6, 6.07) is 0. The number of esters is 1. The van der Waals surface area contributed by atoms with Gasteiger partial charge in [0, 0.05) is 5.92 Å². The third-order valence-corrected chi connectivity index (χ3v) is 2.55. The van der Waals surface area contributed by atoms with Crippen LogP contribution < -0.4 is 0 Å². The van der Waals surface area contributed by atoms with E-state index in [1.165, 1.54) is 19.3 Å². The van der Waals surface area contributed by atoms with Gasteiger partial charge in [-0.3, -0.25) is 4.79 Å². The van der Waals surface area contributed by atoms with Crippen molar-refractivity contribution in [1.29, 1.82) is 0 Å². The zero-order valence-corrected chi connectivity index (χ0v) is 6.01. The van der Waals surface area contributed by atoms with Crippen LogP contribution in [0, 0.1) is 5.92 Å². The quantitative estimate of drug-likeness (QED) is 0.476. The Bertz CT molecular complexity index is 137. The van der Waals surface area contributed by atoms with Crippen molar-refractivity contribution in [2.45, 2.75) is 38.2 Å². The van der Waals surface area contributed by atoms with Crippen molar-refractivity contribution in [3.05, 3.63) is 0 Å². The molecule has 2 fully saturated rings. The molecule has 2 nitrogen and oxygen atoms in total. The molecular formula is C8H12O2. The summed E-state index contributed by atoms with van der Waals surface area (Å²) >= 11 is 0. The molecule has 0 aromatic carbocycles. The summed E-state index contributed by atoms with van der Waals surface area (Å²) in [7, 11) is 0. The Morgan fingerprint density at radius 2 is 2.10 bits per heavy atom. The lowest BCUT2D eigenvalue weighted by Crippen LogP contribution is -2.19. The van der Waals surface area contributed by atoms with Gasteiger partial charge in [-0.05, 0) is 19.3 Å². The van der Waals surface area contributed by atoms with Gasteiger partial charge < -0.3 is 4.74 Å². The molecule has 2 atom stereocenters. The summed E-state index contributed by atoms with van der Waals surface area (Å²) in [6.07, 6.45) is 5.82. The molecule has 2 rings (SSSR count). The maximum Gasteiger partial charge on any atom is 0.306 e. The van der Waals surface area contributed by atoms with E-state index >= 15 is 0 Å². The Hall–Kier alpha value is -0.530. The van der Waals surface area contributed by atoms with Gasteiger partial charge in [0.05, 0.1) is 6.42 Å². The van der Waals surface area contributed by atoms with Crippen molar-refractivity contribution >= 4 is 5.97 Å². The van der Waals surface area contributed by atoms with Crippen LogP contribution in [0.3, 0.4) is 0 Å². The minimum absolute atomic E-state index is 0.0249. The highest BCUT2D eigenvalue weighted by molar-refractivity contribution is 5.72. The van der Waals surface area contributed by atoms with Crippen molar-refractivity contribution in [3.8, 4) is 0 Å². The molecule has 0 radical (unpaired) electrons. The van der Waals surface area contributed by atoms with Crippen LogP contribution >= 0.6 is 0 Å². The van der Waals surface area contributed by atoms with Gasteiger partial charge >= 0.3 is 5.97 Å². The second-order valence-corrected chi connectivity index (χ2v) is 3.28. The highest BCUT2D eigenvalue weighted by atomic mass is 16.5. The van der Waals surface area contributed by atoms with Crippen LogP contribution in [0.15, 0.2) is 0 Å². The van der Waals surface area contributed by atoms with E-state index in [0.717, 1.165) is 6.42 Å². The minimum Gasteiger partial charge on any atom is -0.462 e. The van der Waals surface area contributed by atoms with Crippen LogP contribution in [0.1, 0.15) is 32.1 Å². The van der Waals surface area contributed by atoms with Crippen molar-refractivity contribution in [1.82, 2.24) is 0 Å². The largest absolute Gasteiger partial charge is 0.462 e. The first-order chi connectivity index (χ1) is 4.86. The topological polar surface area (TPSA) is 26.3 Å². The van der Waals surface area contributed by atoms with Crippen molar-refractivity contribution in [2.75, 3.05) is 0 Å². The highest BCUT2D eigenvalue weighted by Crippen LogP contribution is 2.34. The molecule has 0 spiro atoms. The number of ether oxygens (including phenoxy) is 1. The third-order valence-electron chi connectivity index (χ3n) is 2.55. The standard InChI is InChI=1S/C8H12O2/c9-8-5-6-3-1-2-4-7(6)10-8/h6-7H,1-5H2/t6-,7+/m1/s1. The molecule has 0 bridgehead atoms. The van der Waals surface area contributed by atoms with E-state index in [9.17, 15) is 4.79 Å². The second-order valence-electron chi connectivity index (χ2n) is 3.28. The van der Waals surface area contributed by atoms with Gasteiger partial charge in [0.2, 0.25) is 0 Å². The zero-order chi connectivity index (χ0) is 6.97. The van der Waals surface area contributed by atoms with Gasteiger partial charge in [0.1, 0.15) is 6.10 Å². The Balaban J connectivity index is 2.04. The fraction of sp³-hybridized carbons (Fsp3) is 0.875. The third kappa shape index (κ3) is 0.917. The predicted octanol–water partition coefficient (Wildman–Crippen LogP) is 1.49. The summed E-state index contributed by atoms with van der Waals surface area (Å²) in [6.45, 7) is 0. The molecular weight excluding hydrogens is 128 g/mol. The Labute approximate surface area is 60.6 Å². The van der Waals surface area contributed by atoms with Gasteiger partial charge in [-0.25, -0.2) is 0 Å². The number of carbonyl (C=O) groups excluding carboxylic acids is 1. The molecule has 0 aromatic heterocycles. The summed E-state index contributed by atoms with van der Waals surface area (Å²) < 4.78 is 5.13.